The Kier molecular flexibility index (Phi) is 4.58. The highest BCUT2D eigenvalue weighted by molar-refractivity contribution is 7.28. The molecule has 1 unspecified atom stereocenters. The fourth-order valence-corrected chi connectivity index (χ4v) is 3.70. The molecule has 0 radical (unpaired) electrons. The molecular weight excluding hydrogens is 279 g/mol. The van der Waals surface area contributed by atoms with Crippen molar-refractivity contribution in [3.8, 4) is 22.6 Å². The molecule has 0 saturated heterocycles. The summed E-state index contributed by atoms with van der Waals surface area (Å²) < 4.78 is 11.1. The number of aryl methyl sites for hydroxylation is 2. The Bertz CT molecular complexity index is 690. The van der Waals surface area contributed by atoms with Gasteiger partial charge >= 0.3 is 0 Å². The zero-order valence-electron chi connectivity index (χ0n) is 13.6. The third kappa shape index (κ3) is 2.65. The van der Waals surface area contributed by atoms with Gasteiger partial charge in [-0.3, -0.25) is 0 Å². The molecule has 112 valence electrons. The van der Waals surface area contributed by atoms with Crippen LogP contribution in [0.5, 0.6) is 11.5 Å². The quantitative estimate of drug-likeness (QED) is 0.795. The molecule has 0 fully saturated rings. The van der Waals surface area contributed by atoms with E-state index in [2.05, 4.69) is 55.1 Å². The Morgan fingerprint density at radius 3 is 1.95 bits per heavy atom. The smallest absolute Gasteiger partial charge is 0.125 e. The molecule has 0 heterocycles. The van der Waals surface area contributed by atoms with Gasteiger partial charge in [-0.2, -0.15) is 0 Å². The van der Waals surface area contributed by atoms with Crippen LogP contribution in [-0.4, -0.2) is 14.2 Å². The van der Waals surface area contributed by atoms with E-state index < -0.39 is 0 Å². The summed E-state index contributed by atoms with van der Waals surface area (Å²) in [6, 6.07) is 6.42. The third-order valence-corrected chi connectivity index (χ3v) is 4.47. The largest absolute Gasteiger partial charge is 0.496 e. The Morgan fingerprint density at radius 2 is 1.38 bits per heavy atom. The van der Waals surface area contributed by atoms with Crippen LogP contribution in [0.25, 0.3) is 11.1 Å². The second kappa shape index (κ2) is 6.07. The molecular formula is C18H23O2P. The minimum Gasteiger partial charge on any atom is -0.496 e. The van der Waals surface area contributed by atoms with Gasteiger partial charge in [-0.25, -0.2) is 0 Å². The second-order valence-electron chi connectivity index (χ2n) is 5.40. The van der Waals surface area contributed by atoms with Gasteiger partial charge in [0.25, 0.3) is 0 Å². The summed E-state index contributed by atoms with van der Waals surface area (Å²) in [4.78, 5) is 0. The maximum atomic E-state index is 5.57. The molecule has 0 aliphatic rings. The van der Waals surface area contributed by atoms with Gasteiger partial charge < -0.3 is 9.47 Å². The maximum absolute atomic E-state index is 5.57. The molecule has 0 saturated carbocycles. The molecule has 0 aliphatic carbocycles. The van der Waals surface area contributed by atoms with E-state index in [1.54, 1.807) is 14.2 Å². The molecule has 2 rings (SSSR count). The molecule has 1 atom stereocenters. The number of hydrogen-bond acceptors (Lipinski definition) is 2. The van der Waals surface area contributed by atoms with Crippen LogP contribution in [0.2, 0.25) is 0 Å². The highest BCUT2D eigenvalue weighted by Crippen LogP contribution is 2.37. The first-order valence-corrected chi connectivity index (χ1v) is 7.58. The number of benzene rings is 2. The normalized spacial score (nSPS) is 10.6. The number of rotatable bonds is 3. The molecule has 0 aromatic heterocycles. The van der Waals surface area contributed by atoms with Gasteiger partial charge in [-0.05, 0) is 72.4 Å². The van der Waals surface area contributed by atoms with Crippen LogP contribution in [-0.2, 0) is 0 Å². The van der Waals surface area contributed by atoms with Crippen molar-refractivity contribution in [1.82, 2.24) is 0 Å². The van der Waals surface area contributed by atoms with E-state index in [1.165, 1.54) is 16.4 Å². The lowest BCUT2D eigenvalue weighted by atomic mass is 9.92. The van der Waals surface area contributed by atoms with E-state index >= 15 is 0 Å². The first-order valence-electron chi connectivity index (χ1n) is 7.00. The van der Waals surface area contributed by atoms with Crippen LogP contribution < -0.4 is 14.8 Å². The summed E-state index contributed by atoms with van der Waals surface area (Å²) in [7, 11) is 6.29. The van der Waals surface area contributed by atoms with Crippen LogP contribution in [0, 0.1) is 27.7 Å². The Morgan fingerprint density at radius 1 is 0.810 bits per heavy atom. The zero-order valence-corrected chi connectivity index (χ0v) is 14.8. The Balaban J connectivity index is 2.79. The SMILES string of the molecule is COc1c(C)ccc(-c2c(P)cc(C)c(OC)c2C)c1C. The first kappa shape index (κ1) is 15.9. The second-order valence-corrected chi connectivity index (χ2v) is 6.03. The lowest BCUT2D eigenvalue weighted by molar-refractivity contribution is 0.408. The van der Waals surface area contributed by atoms with Gasteiger partial charge in [-0.1, -0.05) is 12.1 Å². The van der Waals surface area contributed by atoms with Gasteiger partial charge in [0, 0.05) is 0 Å². The summed E-state index contributed by atoms with van der Waals surface area (Å²) in [5, 5.41) is 1.18. The average Bonchev–Trinajstić information content (AvgIpc) is 2.42. The van der Waals surface area contributed by atoms with E-state index in [9.17, 15) is 0 Å². The van der Waals surface area contributed by atoms with Crippen molar-refractivity contribution in [3.63, 3.8) is 0 Å². The van der Waals surface area contributed by atoms with Gasteiger partial charge in [0.05, 0.1) is 14.2 Å². The molecule has 2 aromatic carbocycles. The summed E-state index contributed by atoms with van der Waals surface area (Å²) >= 11 is 0. The monoisotopic (exact) mass is 302 g/mol. The average molecular weight is 302 g/mol. The zero-order chi connectivity index (χ0) is 15.7. The van der Waals surface area contributed by atoms with E-state index in [0.29, 0.717) is 0 Å². The van der Waals surface area contributed by atoms with Gasteiger partial charge in [0.2, 0.25) is 0 Å². The molecule has 0 bridgehead atoms. The van der Waals surface area contributed by atoms with Crippen molar-refractivity contribution in [2.45, 2.75) is 27.7 Å². The van der Waals surface area contributed by atoms with Gasteiger partial charge in [0.15, 0.2) is 0 Å². The fraction of sp³-hybridized carbons (Fsp3) is 0.333. The van der Waals surface area contributed by atoms with Crippen molar-refractivity contribution in [2.75, 3.05) is 14.2 Å². The van der Waals surface area contributed by atoms with Crippen molar-refractivity contribution >= 4 is 14.5 Å². The van der Waals surface area contributed by atoms with Crippen LogP contribution in [0.3, 0.4) is 0 Å². The number of ether oxygens (including phenoxy) is 2. The molecule has 3 heteroatoms. The lowest BCUT2D eigenvalue weighted by Gasteiger charge is -2.19. The number of hydrogen-bond donors (Lipinski definition) is 0. The minimum absolute atomic E-state index is 0.954. The summed E-state index contributed by atoms with van der Waals surface area (Å²) in [6.45, 7) is 8.36. The topological polar surface area (TPSA) is 18.5 Å². The molecule has 0 aliphatic heterocycles. The van der Waals surface area contributed by atoms with E-state index in [1.807, 2.05) is 0 Å². The summed E-state index contributed by atoms with van der Waals surface area (Å²) in [5.41, 5.74) is 7.03. The van der Waals surface area contributed by atoms with Crippen molar-refractivity contribution < 1.29 is 9.47 Å². The van der Waals surface area contributed by atoms with E-state index in [4.69, 9.17) is 9.47 Å². The lowest BCUT2D eigenvalue weighted by Crippen LogP contribution is -2.06. The molecule has 2 nitrogen and oxygen atoms in total. The Labute approximate surface area is 129 Å². The summed E-state index contributed by atoms with van der Waals surface area (Å²) in [6.07, 6.45) is 0. The van der Waals surface area contributed by atoms with Crippen molar-refractivity contribution in [2.24, 2.45) is 0 Å². The molecule has 2 aromatic rings. The van der Waals surface area contributed by atoms with E-state index in [0.717, 1.165) is 33.8 Å². The summed E-state index contributed by atoms with van der Waals surface area (Å²) in [5.74, 6) is 1.91. The predicted molar refractivity (Wildman–Crippen MR) is 93.3 cm³/mol. The van der Waals surface area contributed by atoms with Crippen LogP contribution in [0.1, 0.15) is 22.3 Å². The fourth-order valence-electron chi connectivity index (χ4n) is 3.08. The standard InChI is InChI=1S/C18H23O2P/c1-10-7-8-14(12(3)17(10)19-5)16-13(4)18(20-6)11(2)9-15(16)21/h7-9H,21H2,1-6H3. The van der Waals surface area contributed by atoms with Crippen molar-refractivity contribution in [3.05, 3.63) is 40.5 Å². The van der Waals surface area contributed by atoms with E-state index in [-0.39, 0.29) is 0 Å². The minimum atomic E-state index is 0.954. The van der Waals surface area contributed by atoms with Gasteiger partial charge in [0.1, 0.15) is 11.5 Å². The predicted octanol–water partition coefficient (Wildman–Crippen LogP) is 4.10. The molecule has 0 spiro atoms. The van der Waals surface area contributed by atoms with Gasteiger partial charge in [-0.15, -0.1) is 9.24 Å². The van der Waals surface area contributed by atoms with Crippen LogP contribution in [0.15, 0.2) is 18.2 Å². The van der Waals surface area contributed by atoms with Crippen LogP contribution in [0.4, 0.5) is 0 Å². The molecule has 0 N–H and O–H groups in total. The third-order valence-electron chi connectivity index (χ3n) is 4.01. The maximum Gasteiger partial charge on any atom is 0.125 e. The highest BCUT2D eigenvalue weighted by Gasteiger charge is 2.17. The highest BCUT2D eigenvalue weighted by atomic mass is 31.0. The van der Waals surface area contributed by atoms with Crippen LogP contribution >= 0.6 is 9.24 Å². The molecule has 21 heavy (non-hydrogen) atoms. The Hall–Kier alpha value is -1.53. The molecule has 0 amide bonds. The number of methoxy groups -OCH3 is 2. The first-order chi connectivity index (χ1) is 9.92. The van der Waals surface area contributed by atoms with Crippen molar-refractivity contribution in [1.29, 1.82) is 0 Å².